The van der Waals surface area contributed by atoms with Crippen LogP contribution in [0.2, 0.25) is 0 Å². The molecule has 0 saturated heterocycles. The van der Waals surface area contributed by atoms with Crippen LogP contribution in [0, 0.1) is 0 Å². The van der Waals surface area contributed by atoms with Crippen molar-refractivity contribution < 1.29 is 17.9 Å². The normalized spacial score (nSPS) is 11.1. The van der Waals surface area contributed by atoms with Crippen LogP contribution in [-0.2, 0) is 14.8 Å². The fourth-order valence-corrected chi connectivity index (χ4v) is 2.08. The highest BCUT2D eigenvalue weighted by Crippen LogP contribution is 2.19. The molecular formula is C12H19N3O4S. The molecule has 0 saturated carbocycles. The third-order valence-electron chi connectivity index (χ3n) is 2.48. The molecule has 1 aromatic rings. The number of carbonyl (C=O) groups is 1. The Bertz CT molecular complexity index is 572. The highest BCUT2D eigenvalue weighted by molar-refractivity contribution is 7.88. The molecule has 0 fully saturated rings. The smallest absolute Gasteiger partial charge is 0.340 e. The minimum absolute atomic E-state index is 0.328. The first-order valence-electron chi connectivity index (χ1n) is 6.00. The predicted octanol–water partition coefficient (Wildman–Crippen LogP) is 0.407. The van der Waals surface area contributed by atoms with Crippen LogP contribution in [-0.4, -0.2) is 40.8 Å². The number of nitrogen functional groups attached to an aromatic ring is 1. The summed E-state index contributed by atoms with van der Waals surface area (Å²) < 4.78 is 28.8. The second kappa shape index (κ2) is 7.11. The van der Waals surface area contributed by atoms with E-state index in [4.69, 9.17) is 5.73 Å². The van der Waals surface area contributed by atoms with Gasteiger partial charge in [-0.1, -0.05) is 0 Å². The van der Waals surface area contributed by atoms with Crippen molar-refractivity contribution in [1.82, 2.24) is 4.72 Å². The van der Waals surface area contributed by atoms with E-state index in [-0.39, 0.29) is 0 Å². The molecule has 0 radical (unpaired) electrons. The number of methoxy groups -OCH3 is 1. The summed E-state index contributed by atoms with van der Waals surface area (Å²) in [5.74, 6) is -0.478. The Labute approximate surface area is 118 Å². The van der Waals surface area contributed by atoms with Gasteiger partial charge in [0.1, 0.15) is 0 Å². The van der Waals surface area contributed by atoms with Gasteiger partial charge in [-0.3, -0.25) is 0 Å². The Kier molecular flexibility index (Phi) is 5.78. The molecule has 0 atom stereocenters. The number of carbonyl (C=O) groups excluding carboxylic acids is 1. The van der Waals surface area contributed by atoms with E-state index in [0.717, 1.165) is 6.26 Å². The molecule has 1 rings (SSSR count). The average Bonchev–Trinajstić information content (AvgIpc) is 2.37. The fraction of sp³-hybridized carbons (Fsp3) is 0.417. The van der Waals surface area contributed by atoms with Crippen LogP contribution in [0.25, 0.3) is 0 Å². The van der Waals surface area contributed by atoms with Crippen molar-refractivity contribution in [3.05, 3.63) is 23.8 Å². The van der Waals surface area contributed by atoms with Gasteiger partial charge in [0.15, 0.2) is 0 Å². The first-order chi connectivity index (χ1) is 9.33. The van der Waals surface area contributed by atoms with Crippen LogP contribution in [0.4, 0.5) is 11.4 Å². The zero-order valence-electron chi connectivity index (χ0n) is 11.5. The van der Waals surface area contributed by atoms with Crippen LogP contribution in [0.3, 0.4) is 0 Å². The molecule has 0 aromatic heterocycles. The number of benzene rings is 1. The number of sulfonamides is 1. The molecule has 0 spiro atoms. The van der Waals surface area contributed by atoms with Crippen LogP contribution in [0.1, 0.15) is 16.8 Å². The number of hydrogen-bond acceptors (Lipinski definition) is 6. The number of rotatable bonds is 7. The van der Waals surface area contributed by atoms with Gasteiger partial charge in [0.05, 0.1) is 18.9 Å². The number of nitrogens with one attached hydrogen (secondary N) is 2. The van der Waals surface area contributed by atoms with Crippen molar-refractivity contribution in [3.63, 3.8) is 0 Å². The van der Waals surface area contributed by atoms with Crippen LogP contribution < -0.4 is 15.8 Å². The average molecular weight is 301 g/mol. The van der Waals surface area contributed by atoms with Crippen molar-refractivity contribution in [2.24, 2.45) is 0 Å². The first-order valence-corrected chi connectivity index (χ1v) is 7.89. The summed E-state index contributed by atoms with van der Waals surface area (Å²) >= 11 is 0. The molecule has 0 heterocycles. The molecular weight excluding hydrogens is 282 g/mol. The largest absolute Gasteiger partial charge is 0.465 e. The third-order valence-corrected chi connectivity index (χ3v) is 3.21. The lowest BCUT2D eigenvalue weighted by atomic mass is 10.1. The highest BCUT2D eigenvalue weighted by Gasteiger charge is 2.11. The lowest BCUT2D eigenvalue weighted by Crippen LogP contribution is -2.24. The Balaban J connectivity index is 2.57. The van der Waals surface area contributed by atoms with Crippen LogP contribution in [0.5, 0.6) is 0 Å². The van der Waals surface area contributed by atoms with E-state index in [1.165, 1.54) is 13.2 Å². The van der Waals surface area contributed by atoms with Crippen molar-refractivity contribution in [3.8, 4) is 0 Å². The third kappa shape index (κ3) is 5.45. The Morgan fingerprint density at radius 1 is 1.35 bits per heavy atom. The van der Waals surface area contributed by atoms with Gasteiger partial charge in [0.2, 0.25) is 10.0 Å². The summed E-state index contributed by atoms with van der Waals surface area (Å²) in [7, 11) is -1.87. The van der Waals surface area contributed by atoms with E-state index in [1.807, 2.05) is 0 Å². The zero-order valence-corrected chi connectivity index (χ0v) is 12.3. The maximum absolute atomic E-state index is 11.6. The SMILES string of the molecule is COC(=O)c1cc(N)ccc1NCCCNS(C)(=O)=O. The summed E-state index contributed by atoms with van der Waals surface area (Å²) in [5.41, 5.74) is 7.05. The van der Waals surface area contributed by atoms with Gasteiger partial charge in [0.25, 0.3) is 0 Å². The molecule has 7 nitrogen and oxygen atoms in total. The van der Waals surface area contributed by atoms with Crippen molar-refractivity contribution in [1.29, 1.82) is 0 Å². The number of anilines is 2. The van der Waals surface area contributed by atoms with E-state index in [1.54, 1.807) is 12.1 Å². The molecule has 1 aromatic carbocycles. The summed E-state index contributed by atoms with van der Waals surface area (Å²) in [6.45, 7) is 0.838. The van der Waals surface area contributed by atoms with E-state index in [0.29, 0.717) is 36.4 Å². The van der Waals surface area contributed by atoms with Gasteiger partial charge in [0, 0.05) is 24.5 Å². The van der Waals surface area contributed by atoms with E-state index >= 15 is 0 Å². The second-order valence-electron chi connectivity index (χ2n) is 4.24. The quantitative estimate of drug-likeness (QED) is 0.382. The topological polar surface area (TPSA) is 111 Å². The number of hydrogen-bond donors (Lipinski definition) is 3. The number of nitrogens with two attached hydrogens (primary N) is 1. The standard InChI is InChI=1S/C12H19N3O4S/c1-19-12(16)10-8-9(13)4-5-11(10)14-6-3-7-15-20(2,17)18/h4-5,8,14-15H,3,6-7,13H2,1-2H3. The Morgan fingerprint density at radius 2 is 2.05 bits per heavy atom. The lowest BCUT2D eigenvalue weighted by molar-refractivity contribution is 0.0602. The van der Waals surface area contributed by atoms with Crippen LogP contribution >= 0.6 is 0 Å². The maximum atomic E-state index is 11.6. The van der Waals surface area contributed by atoms with E-state index in [2.05, 4.69) is 14.8 Å². The molecule has 4 N–H and O–H groups in total. The predicted molar refractivity (Wildman–Crippen MR) is 78.1 cm³/mol. The molecule has 0 aliphatic heterocycles. The summed E-state index contributed by atoms with van der Waals surface area (Å²) in [5, 5.41) is 3.05. The highest BCUT2D eigenvalue weighted by atomic mass is 32.2. The lowest BCUT2D eigenvalue weighted by Gasteiger charge is -2.11. The van der Waals surface area contributed by atoms with E-state index in [9.17, 15) is 13.2 Å². The van der Waals surface area contributed by atoms with Crippen molar-refractivity contribution >= 4 is 27.4 Å². The zero-order chi connectivity index (χ0) is 15.2. The van der Waals surface area contributed by atoms with Crippen molar-refractivity contribution in [2.75, 3.05) is 37.5 Å². The summed E-state index contributed by atoms with van der Waals surface area (Å²) in [4.78, 5) is 11.6. The Hall–Kier alpha value is -1.80. The second-order valence-corrected chi connectivity index (χ2v) is 6.08. The summed E-state index contributed by atoms with van der Waals surface area (Å²) in [6, 6.07) is 4.89. The monoisotopic (exact) mass is 301 g/mol. The molecule has 0 bridgehead atoms. The molecule has 0 unspecified atom stereocenters. The summed E-state index contributed by atoms with van der Waals surface area (Å²) in [6.07, 6.45) is 1.69. The van der Waals surface area contributed by atoms with E-state index < -0.39 is 16.0 Å². The first kappa shape index (κ1) is 16.3. The molecule has 8 heteroatoms. The molecule has 0 amide bonds. The van der Waals surface area contributed by atoms with Gasteiger partial charge in [-0.15, -0.1) is 0 Å². The van der Waals surface area contributed by atoms with Gasteiger partial charge < -0.3 is 15.8 Å². The van der Waals surface area contributed by atoms with Gasteiger partial charge in [-0.05, 0) is 24.6 Å². The fourth-order valence-electron chi connectivity index (χ4n) is 1.56. The Morgan fingerprint density at radius 3 is 2.65 bits per heavy atom. The minimum Gasteiger partial charge on any atom is -0.465 e. The van der Waals surface area contributed by atoms with Crippen molar-refractivity contribution in [2.45, 2.75) is 6.42 Å². The number of ether oxygens (including phenoxy) is 1. The maximum Gasteiger partial charge on any atom is 0.340 e. The number of esters is 1. The molecule has 0 aliphatic rings. The van der Waals surface area contributed by atoms with Gasteiger partial charge in [-0.25, -0.2) is 17.9 Å². The molecule has 0 aliphatic carbocycles. The van der Waals surface area contributed by atoms with Gasteiger partial charge in [-0.2, -0.15) is 0 Å². The minimum atomic E-state index is -3.17. The molecule has 112 valence electrons. The van der Waals surface area contributed by atoms with Gasteiger partial charge >= 0.3 is 5.97 Å². The van der Waals surface area contributed by atoms with Crippen LogP contribution in [0.15, 0.2) is 18.2 Å². The molecule has 20 heavy (non-hydrogen) atoms.